The Bertz CT molecular complexity index is 1860. The predicted octanol–water partition coefficient (Wildman–Crippen LogP) is 12.8. The highest BCUT2D eigenvalue weighted by atomic mass is 19.4. The molecule has 0 heterocycles. The lowest BCUT2D eigenvalue weighted by Gasteiger charge is -2.62. The first-order chi connectivity index (χ1) is 30.3. The van der Waals surface area contributed by atoms with Gasteiger partial charge in [-0.2, -0.15) is 13.2 Å². The first-order valence-electron chi connectivity index (χ1n) is 27.0. The summed E-state index contributed by atoms with van der Waals surface area (Å²) in [6.07, 6.45) is 12.3. The molecule has 8 heteroatoms. The molecule has 2 unspecified atom stereocenters. The zero-order chi connectivity index (χ0) is 46.9. The lowest BCUT2D eigenvalue weighted by atomic mass is 9.43. The third kappa shape index (κ3) is 8.05. The van der Waals surface area contributed by atoms with Crippen molar-refractivity contribution in [3.63, 3.8) is 0 Å². The van der Waals surface area contributed by atoms with Crippen LogP contribution in [0.1, 0.15) is 201 Å². The van der Waals surface area contributed by atoms with Gasteiger partial charge < -0.3 is 25.5 Å². The molecular weight excluding hydrogens is 822 g/mol. The molecule has 8 aliphatic rings. The summed E-state index contributed by atoms with van der Waals surface area (Å²) in [7, 11) is 0. The number of aryl methyl sites for hydroxylation is 1. The molecule has 0 amide bonds. The van der Waals surface area contributed by atoms with Gasteiger partial charge in [0, 0.05) is 6.42 Å². The minimum Gasteiger partial charge on any atom is -0.393 e. The number of aliphatic hydroxyl groups excluding tert-OH is 2. The molecule has 5 nitrogen and oxygen atoms in total. The van der Waals surface area contributed by atoms with Crippen LogP contribution in [0.4, 0.5) is 13.2 Å². The maximum absolute atomic E-state index is 13.9. The summed E-state index contributed by atoms with van der Waals surface area (Å²) in [4.78, 5) is 0. The maximum Gasteiger partial charge on any atom is 0.417 e. The SMILES string of the molecule is CC([C@H]1CC[C@H]2[C@@H]3CC[C@H]4C[C@](O)(C(F)(F)F)CC[C@]4(C)[C@H]3CC[C@]12C)[C@@H](O)C[C@H](O)c1ccc(CC[C@]2(O)CC[C@@]3(C)[C@@H](CCC4[C@@H]3CC[C@]3(C)[C@@H]([C@H](C)C(C)(C)O)CC[C@@H]43)C2)cc1. The van der Waals surface area contributed by atoms with Crippen molar-refractivity contribution < 1.29 is 38.7 Å². The topological polar surface area (TPSA) is 101 Å². The van der Waals surface area contributed by atoms with E-state index in [2.05, 4.69) is 53.7 Å². The minimum absolute atomic E-state index is 0.0220. The summed E-state index contributed by atoms with van der Waals surface area (Å²) in [5, 5.41) is 57.0. The van der Waals surface area contributed by atoms with Crippen molar-refractivity contribution >= 4 is 0 Å². The van der Waals surface area contributed by atoms with Gasteiger partial charge in [-0.15, -0.1) is 0 Å². The van der Waals surface area contributed by atoms with Gasteiger partial charge in [0.15, 0.2) is 5.60 Å². The predicted molar refractivity (Wildman–Crippen MR) is 251 cm³/mol. The summed E-state index contributed by atoms with van der Waals surface area (Å²) in [5.41, 5.74) is -1.33. The standard InChI is InChI=1S/C57H89F3O5/c1-34(42-17-19-44-40-16-14-39-33-56(65,57(58,59)60)30-28-52(39,6)47(40)22-24-53(42,44)7)48(61)31-49(62)37-11-9-36(10-12-37)21-26-55(64)29-27-51(5)38(32-55)13-15-41-45-20-18-43(35(2)50(3,4)63)54(45,8)25-23-46(41)51/h9-12,34-35,38-49,61-65H,13-33H2,1-8H3/t34?,35-,38-,39-,40-,41?,42+,43+,44-,45-,46-,47-,48-,49-,51-,52-,53+,54+,55-,56-/m0/s1. The molecule has 1 aromatic carbocycles. The van der Waals surface area contributed by atoms with E-state index in [1.807, 2.05) is 26.0 Å². The summed E-state index contributed by atoms with van der Waals surface area (Å²) < 4.78 is 41.7. The van der Waals surface area contributed by atoms with Crippen LogP contribution in [-0.4, -0.2) is 54.6 Å². The lowest BCUT2D eigenvalue weighted by molar-refractivity contribution is -0.290. The highest BCUT2D eigenvalue weighted by Gasteiger charge is 2.66. The number of fused-ring (bicyclic) bond motifs is 10. The first kappa shape index (κ1) is 48.8. The number of benzene rings is 1. The smallest absolute Gasteiger partial charge is 0.393 e. The van der Waals surface area contributed by atoms with Gasteiger partial charge in [0.25, 0.3) is 0 Å². The molecule has 0 spiro atoms. The normalized spacial score (nSPS) is 48.1. The largest absolute Gasteiger partial charge is 0.417 e. The van der Waals surface area contributed by atoms with Crippen molar-refractivity contribution in [3.05, 3.63) is 35.4 Å². The van der Waals surface area contributed by atoms with Crippen molar-refractivity contribution in [2.45, 2.75) is 225 Å². The van der Waals surface area contributed by atoms with Gasteiger partial charge in [-0.25, -0.2) is 0 Å². The molecule has 65 heavy (non-hydrogen) atoms. The van der Waals surface area contributed by atoms with E-state index in [0.29, 0.717) is 58.7 Å². The number of rotatable bonds is 10. The van der Waals surface area contributed by atoms with E-state index < -0.39 is 35.2 Å². The minimum atomic E-state index is -4.58. The van der Waals surface area contributed by atoms with Gasteiger partial charge >= 0.3 is 6.18 Å². The van der Waals surface area contributed by atoms with E-state index in [1.165, 1.54) is 44.1 Å². The first-order valence-corrected chi connectivity index (χ1v) is 27.0. The fraction of sp³-hybridized carbons (Fsp3) is 0.895. The molecule has 9 rings (SSSR count). The Kier molecular flexibility index (Phi) is 12.6. The van der Waals surface area contributed by atoms with Crippen LogP contribution in [0, 0.1) is 92.7 Å². The second-order valence-electron chi connectivity index (χ2n) is 26.8. The third-order valence-electron chi connectivity index (χ3n) is 23.9. The Morgan fingerprint density at radius 1 is 0.615 bits per heavy atom. The quantitative estimate of drug-likeness (QED) is 0.161. The second-order valence-corrected chi connectivity index (χ2v) is 26.8. The number of hydrogen-bond acceptors (Lipinski definition) is 5. The molecule has 0 radical (unpaired) electrons. The molecule has 8 fully saturated rings. The molecule has 5 N–H and O–H groups in total. The number of alkyl halides is 3. The lowest BCUT2D eigenvalue weighted by Crippen LogP contribution is -2.59. The van der Waals surface area contributed by atoms with Gasteiger partial charge in [0.2, 0.25) is 0 Å². The Hall–Kier alpha value is -1.19. The van der Waals surface area contributed by atoms with Gasteiger partial charge in [0.1, 0.15) is 0 Å². The second kappa shape index (κ2) is 16.7. The number of halogens is 3. The van der Waals surface area contributed by atoms with Crippen molar-refractivity contribution in [3.8, 4) is 0 Å². The highest BCUT2D eigenvalue weighted by molar-refractivity contribution is 5.25. The molecule has 20 atom stereocenters. The fourth-order valence-corrected chi connectivity index (χ4v) is 19.4. The van der Waals surface area contributed by atoms with E-state index in [4.69, 9.17) is 0 Å². The van der Waals surface area contributed by atoms with Gasteiger partial charge in [-0.05, 0) is 246 Å². The van der Waals surface area contributed by atoms with E-state index in [-0.39, 0.29) is 41.9 Å². The van der Waals surface area contributed by atoms with Crippen molar-refractivity contribution in [1.29, 1.82) is 0 Å². The molecule has 368 valence electrons. The van der Waals surface area contributed by atoms with Gasteiger partial charge in [-0.1, -0.05) is 65.8 Å². The fourth-order valence-electron chi connectivity index (χ4n) is 19.4. The van der Waals surface area contributed by atoms with Crippen LogP contribution in [0.3, 0.4) is 0 Å². The van der Waals surface area contributed by atoms with Crippen LogP contribution in [0.2, 0.25) is 0 Å². The summed E-state index contributed by atoms with van der Waals surface area (Å²) >= 11 is 0. The highest BCUT2D eigenvalue weighted by Crippen LogP contribution is 2.71. The van der Waals surface area contributed by atoms with E-state index in [1.54, 1.807) is 0 Å². The van der Waals surface area contributed by atoms with Crippen LogP contribution in [0.15, 0.2) is 24.3 Å². The molecule has 8 saturated carbocycles. The third-order valence-corrected chi connectivity index (χ3v) is 23.9. The van der Waals surface area contributed by atoms with Crippen LogP contribution in [0.5, 0.6) is 0 Å². The Labute approximate surface area is 390 Å². The van der Waals surface area contributed by atoms with Crippen LogP contribution < -0.4 is 0 Å². The average Bonchev–Trinajstić information content (AvgIpc) is 3.79. The van der Waals surface area contributed by atoms with Gasteiger partial charge in [-0.3, -0.25) is 0 Å². The number of aliphatic hydroxyl groups is 5. The summed E-state index contributed by atoms with van der Waals surface area (Å²) in [6, 6.07) is 8.24. The average molecular weight is 911 g/mol. The molecule has 0 aromatic heterocycles. The molecule has 8 aliphatic carbocycles. The molecular formula is C57H89F3O5. The van der Waals surface area contributed by atoms with Crippen molar-refractivity contribution in [2.24, 2.45) is 92.7 Å². The summed E-state index contributed by atoms with van der Waals surface area (Å²) in [6.45, 7) is 18.3. The van der Waals surface area contributed by atoms with Crippen LogP contribution in [0.25, 0.3) is 0 Å². The molecule has 0 saturated heterocycles. The van der Waals surface area contributed by atoms with E-state index in [0.717, 1.165) is 93.9 Å². The molecule has 0 bridgehead atoms. The molecule has 0 aliphatic heterocycles. The van der Waals surface area contributed by atoms with Crippen LogP contribution in [-0.2, 0) is 6.42 Å². The Balaban J connectivity index is 0.763. The van der Waals surface area contributed by atoms with Gasteiger partial charge in [0.05, 0.1) is 23.4 Å². The van der Waals surface area contributed by atoms with Crippen LogP contribution >= 0.6 is 0 Å². The monoisotopic (exact) mass is 911 g/mol. The van der Waals surface area contributed by atoms with Crippen molar-refractivity contribution in [2.75, 3.05) is 0 Å². The van der Waals surface area contributed by atoms with E-state index >= 15 is 0 Å². The van der Waals surface area contributed by atoms with E-state index in [9.17, 15) is 38.7 Å². The number of hydrogen-bond donors (Lipinski definition) is 5. The zero-order valence-electron chi connectivity index (χ0n) is 41.6. The summed E-state index contributed by atoms with van der Waals surface area (Å²) in [5.74, 6) is 5.34. The maximum atomic E-state index is 13.9. The Morgan fingerprint density at radius 2 is 1.12 bits per heavy atom. The Morgan fingerprint density at radius 3 is 1.68 bits per heavy atom. The zero-order valence-corrected chi connectivity index (χ0v) is 41.6. The van der Waals surface area contributed by atoms with Crippen molar-refractivity contribution in [1.82, 2.24) is 0 Å². The molecule has 1 aromatic rings.